The van der Waals surface area contributed by atoms with Crippen LogP contribution >= 0.6 is 0 Å². The highest BCUT2D eigenvalue weighted by Crippen LogP contribution is 2.44. The molecular formula is C26H29N3O6. The number of amides is 3. The minimum absolute atomic E-state index is 0.0949. The average Bonchev–Trinajstić information content (AvgIpc) is 3.17. The molecule has 1 saturated heterocycles. The van der Waals surface area contributed by atoms with Gasteiger partial charge in [0.05, 0.1) is 6.54 Å². The van der Waals surface area contributed by atoms with Crippen molar-refractivity contribution in [3.63, 3.8) is 0 Å². The van der Waals surface area contributed by atoms with Gasteiger partial charge in [0.15, 0.2) is 0 Å². The molecule has 4 rings (SSSR count). The van der Waals surface area contributed by atoms with Crippen LogP contribution in [0.3, 0.4) is 0 Å². The monoisotopic (exact) mass is 479 g/mol. The molecule has 9 heteroatoms. The van der Waals surface area contributed by atoms with E-state index in [2.05, 4.69) is 5.32 Å². The second-order valence-corrected chi connectivity index (χ2v) is 8.91. The summed E-state index contributed by atoms with van der Waals surface area (Å²) >= 11 is 0. The highest BCUT2D eigenvalue weighted by molar-refractivity contribution is 5.94. The molecule has 2 aromatic carbocycles. The van der Waals surface area contributed by atoms with E-state index in [0.717, 1.165) is 27.2 Å². The fourth-order valence-corrected chi connectivity index (χ4v) is 4.81. The lowest BCUT2D eigenvalue weighted by atomic mass is 9.98. The van der Waals surface area contributed by atoms with Crippen molar-refractivity contribution in [3.05, 3.63) is 59.7 Å². The average molecular weight is 480 g/mol. The molecule has 0 aromatic heterocycles. The molecule has 0 bridgehead atoms. The predicted octanol–water partition coefficient (Wildman–Crippen LogP) is 2.45. The molecule has 35 heavy (non-hydrogen) atoms. The Morgan fingerprint density at radius 2 is 1.69 bits per heavy atom. The van der Waals surface area contributed by atoms with Gasteiger partial charge < -0.3 is 25.0 Å². The second-order valence-electron chi connectivity index (χ2n) is 8.91. The van der Waals surface area contributed by atoms with E-state index in [1.165, 1.54) is 11.9 Å². The zero-order valence-corrected chi connectivity index (χ0v) is 19.8. The van der Waals surface area contributed by atoms with Gasteiger partial charge in [0.1, 0.15) is 25.2 Å². The van der Waals surface area contributed by atoms with E-state index in [1.807, 2.05) is 55.5 Å². The number of nitrogens with zero attached hydrogens (tertiary/aromatic N) is 2. The number of rotatable bonds is 7. The van der Waals surface area contributed by atoms with E-state index in [0.29, 0.717) is 6.42 Å². The summed E-state index contributed by atoms with van der Waals surface area (Å²) in [5.41, 5.74) is 4.36. The molecule has 2 aliphatic rings. The summed E-state index contributed by atoms with van der Waals surface area (Å²) in [6, 6.07) is 13.8. The van der Waals surface area contributed by atoms with Crippen LogP contribution in [-0.2, 0) is 19.1 Å². The van der Waals surface area contributed by atoms with Crippen LogP contribution < -0.4 is 5.32 Å². The third-order valence-electron chi connectivity index (χ3n) is 6.63. The maximum atomic E-state index is 13.2. The van der Waals surface area contributed by atoms with Gasteiger partial charge in [0, 0.05) is 13.0 Å². The van der Waals surface area contributed by atoms with Gasteiger partial charge in [0.25, 0.3) is 0 Å². The normalized spacial score (nSPS) is 18.0. The van der Waals surface area contributed by atoms with Crippen LogP contribution in [0.15, 0.2) is 48.5 Å². The Kier molecular flexibility index (Phi) is 7.04. The Morgan fingerprint density at radius 1 is 1.09 bits per heavy atom. The molecular weight excluding hydrogens is 450 g/mol. The number of carboxylic acids is 1. The summed E-state index contributed by atoms with van der Waals surface area (Å²) in [5, 5.41) is 12.2. The molecule has 1 aliphatic heterocycles. The van der Waals surface area contributed by atoms with Gasteiger partial charge in [-0.3, -0.25) is 9.59 Å². The lowest BCUT2D eigenvalue weighted by molar-refractivity contribution is -0.159. The Balaban J connectivity index is 1.45. The topological polar surface area (TPSA) is 116 Å². The summed E-state index contributed by atoms with van der Waals surface area (Å²) < 4.78 is 5.55. The van der Waals surface area contributed by atoms with Gasteiger partial charge in [-0.15, -0.1) is 0 Å². The SMILES string of the molecule is CCC[C@H](NC(=O)OCC1c2ccccc2-c2ccccc21)C(=O)N1CC(=O)N(C)CC1C(=O)O. The van der Waals surface area contributed by atoms with Crippen molar-refractivity contribution in [3.8, 4) is 11.1 Å². The first-order chi connectivity index (χ1) is 16.8. The van der Waals surface area contributed by atoms with Gasteiger partial charge in [0.2, 0.25) is 11.8 Å². The Labute approximate surface area is 203 Å². The lowest BCUT2D eigenvalue weighted by Crippen LogP contribution is -2.63. The highest BCUT2D eigenvalue weighted by atomic mass is 16.5. The lowest BCUT2D eigenvalue weighted by Gasteiger charge is -2.38. The number of carbonyl (C=O) groups excluding carboxylic acids is 3. The van der Waals surface area contributed by atoms with E-state index in [4.69, 9.17) is 4.74 Å². The van der Waals surface area contributed by atoms with E-state index < -0.39 is 30.1 Å². The maximum Gasteiger partial charge on any atom is 0.407 e. The summed E-state index contributed by atoms with van der Waals surface area (Å²) in [4.78, 5) is 52.1. The quantitative estimate of drug-likeness (QED) is 0.630. The van der Waals surface area contributed by atoms with E-state index >= 15 is 0 Å². The number of carbonyl (C=O) groups is 4. The van der Waals surface area contributed by atoms with Crippen LogP contribution in [0.1, 0.15) is 36.8 Å². The van der Waals surface area contributed by atoms with E-state index in [-0.39, 0.29) is 37.9 Å². The Morgan fingerprint density at radius 3 is 2.26 bits per heavy atom. The molecule has 1 unspecified atom stereocenters. The van der Waals surface area contributed by atoms with Crippen molar-refractivity contribution in [2.24, 2.45) is 0 Å². The number of fused-ring (bicyclic) bond motifs is 3. The molecule has 3 amide bonds. The summed E-state index contributed by atoms with van der Waals surface area (Å²) in [7, 11) is 1.50. The molecule has 0 saturated carbocycles. The number of aliphatic carboxylic acids is 1. The van der Waals surface area contributed by atoms with E-state index in [9.17, 15) is 24.3 Å². The third kappa shape index (κ3) is 4.84. The number of hydrogen-bond donors (Lipinski definition) is 2. The Bertz CT molecular complexity index is 1100. The van der Waals surface area contributed by atoms with Crippen molar-refractivity contribution < 1.29 is 29.0 Å². The number of benzene rings is 2. The number of carboxylic acid groups (broad SMARTS) is 1. The van der Waals surface area contributed by atoms with Crippen molar-refractivity contribution in [1.29, 1.82) is 0 Å². The van der Waals surface area contributed by atoms with Crippen LogP contribution in [0.2, 0.25) is 0 Å². The number of piperazine rings is 1. The molecule has 2 aromatic rings. The Hall–Kier alpha value is -3.88. The molecule has 0 spiro atoms. The van der Waals surface area contributed by atoms with Crippen molar-refractivity contribution in [2.45, 2.75) is 37.8 Å². The minimum atomic E-state index is -1.20. The predicted molar refractivity (Wildman–Crippen MR) is 128 cm³/mol. The summed E-state index contributed by atoms with van der Waals surface area (Å²) in [6.07, 6.45) is 0.0982. The third-order valence-corrected chi connectivity index (χ3v) is 6.63. The largest absolute Gasteiger partial charge is 0.480 e. The van der Waals surface area contributed by atoms with Crippen molar-refractivity contribution in [1.82, 2.24) is 15.1 Å². The summed E-state index contributed by atoms with van der Waals surface area (Å²) in [5.74, 6) is -2.28. The van der Waals surface area contributed by atoms with Crippen molar-refractivity contribution in [2.75, 3.05) is 26.7 Å². The molecule has 1 aliphatic carbocycles. The fraction of sp³-hybridized carbons (Fsp3) is 0.385. The minimum Gasteiger partial charge on any atom is -0.480 e. The number of nitrogens with one attached hydrogen (secondary N) is 1. The number of likely N-dealkylation sites (N-methyl/N-ethyl adjacent to an activating group) is 1. The van der Waals surface area contributed by atoms with Crippen molar-refractivity contribution >= 4 is 23.9 Å². The molecule has 1 heterocycles. The molecule has 2 N–H and O–H groups in total. The molecule has 2 atom stereocenters. The molecule has 1 fully saturated rings. The maximum absolute atomic E-state index is 13.2. The highest BCUT2D eigenvalue weighted by Gasteiger charge is 2.40. The number of hydrogen-bond acceptors (Lipinski definition) is 5. The standard InChI is InChI=1S/C26H29N3O6/c1-3-8-21(24(31)29-14-23(30)28(2)13-22(29)25(32)33)27-26(34)35-15-20-18-11-6-4-9-16(18)17-10-5-7-12-19(17)20/h4-7,9-12,20-22H,3,8,13-15H2,1-2H3,(H,27,34)(H,32,33)/t21-,22?/m0/s1. The van der Waals surface area contributed by atoms with Crippen LogP contribution in [0.25, 0.3) is 11.1 Å². The van der Waals surface area contributed by atoms with Gasteiger partial charge in [-0.2, -0.15) is 0 Å². The van der Waals surface area contributed by atoms with Gasteiger partial charge in [-0.25, -0.2) is 9.59 Å². The number of ether oxygens (including phenoxy) is 1. The molecule has 0 radical (unpaired) electrons. The zero-order valence-electron chi connectivity index (χ0n) is 19.8. The fourth-order valence-electron chi connectivity index (χ4n) is 4.81. The number of alkyl carbamates (subject to hydrolysis) is 1. The van der Waals surface area contributed by atoms with Gasteiger partial charge in [-0.05, 0) is 28.7 Å². The first-order valence-electron chi connectivity index (χ1n) is 11.7. The van der Waals surface area contributed by atoms with Crippen LogP contribution in [0, 0.1) is 0 Å². The first-order valence-corrected chi connectivity index (χ1v) is 11.7. The zero-order chi connectivity index (χ0) is 25.1. The summed E-state index contributed by atoms with van der Waals surface area (Å²) in [6.45, 7) is 1.49. The smallest absolute Gasteiger partial charge is 0.407 e. The van der Waals surface area contributed by atoms with Crippen LogP contribution in [0.4, 0.5) is 4.79 Å². The van der Waals surface area contributed by atoms with Crippen LogP contribution in [-0.4, -0.2) is 77.6 Å². The van der Waals surface area contributed by atoms with E-state index in [1.54, 1.807) is 0 Å². The first kappa shape index (κ1) is 24.3. The molecule has 184 valence electrons. The second kappa shape index (κ2) is 10.2. The van der Waals surface area contributed by atoms with Crippen LogP contribution in [0.5, 0.6) is 0 Å². The van der Waals surface area contributed by atoms with Gasteiger partial charge in [-0.1, -0.05) is 61.9 Å². The molecule has 9 nitrogen and oxygen atoms in total. The van der Waals surface area contributed by atoms with Gasteiger partial charge >= 0.3 is 12.1 Å².